The topological polar surface area (TPSA) is 61.0 Å². The molecule has 0 saturated heterocycles. The molecule has 8 heteroatoms. The molecule has 0 fully saturated rings. The maximum absolute atomic E-state index is 12.8. The van der Waals surface area contributed by atoms with Gasteiger partial charge in [0.25, 0.3) is 0 Å². The average Bonchev–Trinajstić information content (AvgIpc) is 2.32. The van der Waals surface area contributed by atoms with E-state index < -0.39 is 17.7 Å². The minimum absolute atomic E-state index is 0.00157. The van der Waals surface area contributed by atoms with Crippen LogP contribution < -0.4 is 10.5 Å². The number of rotatable bonds is 2. The van der Waals surface area contributed by atoms with Crippen LogP contribution in [-0.4, -0.2) is 10.2 Å². The number of nitrogens with two attached hydrogens (primary N) is 1. The van der Waals surface area contributed by atoms with Crippen molar-refractivity contribution in [3.8, 4) is 11.6 Å². The van der Waals surface area contributed by atoms with Gasteiger partial charge in [0, 0.05) is 12.1 Å². The van der Waals surface area contributed by atoms with Gasteiger partial charge in [-0.05, 0) is 18.2 Å². The summed E-state index contributed by atoms with van der Waals surface area (Å²) < 4.78 is 54.6. The Bertz CT molecular complexity index is 583. The first-order valence-corrected chi connectivity index (χ1v) is 5.00. The minimum atomic E-state index is -4.57. The normalized spacial score (nSPS) is 11.4. The van der Waals surface area contributed by atoms with E-state index in [0.29, 0.717) is 0 Å². The Morgan fingerprint density at radius 3 is 2.32 bits per heavy atom. The van der Waals surface area contributed by atoms with E-state index in [2.05, 4.69) is 10.2 Å². The van der Waals surface area contributed by atoms with Gasteiger partial charge in [-0.2, -0.15) is 13.2 Å². The van der Waals surface area contributed by atoms with Gasteiger partial charge in [0.2, 0.25) is 5.88 Å². The standard InChI is InChI=1S/C11H7F4N3O/c12-6-1-2-8(7(16)5-6)19-10-4-3-9(17-18-10)11(13,14)15/h1-5H,16H2. The van der Waals surface area contributed by atoms with Crippen LogP contribution in [0.1, 0.15) is 5.69 Å². The molecule has 2 rings (SSSR count). The fourth-order valence-electron chi connectivity index (χ4n) is 1.25. The van der Waals surface area contributed by atoms with Crippen LogP contribution in [0.4, 0.5) is 23.2 Å². The highest BCUT2D eigenvalue weighted by Crippen LogP contribution is 2.29. The predicted molar refractivity (Wildman–Crippen MR) is 57.9 cm³/mol. The van der Waals surface area contributed by atoms with Crippen LogP contribution >= 0.6 is 0 Å². The second kappa shape index (κ2) is 4.71. The van der Waals surface area contributed by atoms with Gasteiger partial charge in [-0.3, -0.25) is 0 Å². The van der Waals surface area contributed by atoms with Gasteiger partial charge in [0.1, 0.15) is 5.82 Å². The van der Waals surface area contributed by atoms with Gasteiger partial charge in [-0.1, -0.05) is 0 Å². The molecule has 1 aromatic carbocycles. The zero-order valence-electron chi connectivity index (χ0n) is 9.28. The number of aromatic nitrogens is 2. The van der Waals surface area contributed by atoms with Crippen LogP contribution in [0.2, 0.25) is 0 Å². The summed E-state index contributed by atoms with van der Waals surface area (Å²) in [6, 6.07) is 5.08. The lowest BCUT2D eigenvalue weighted by atomic mass is 10.3. The molecule has 4 nitrogen and oxygen atoms in total. The Morgan fingerprint density at radius 1 is 1.05 bits per heavy atom. The van der Waals surface area contributed by atoms with Crippen molar-refractivity contribution in [1.29, 1.82) is 0 Å². The summed E-state index contributed by atoms with van der Waals surface area (Å²) in [6.07, 6.45) is -4.57. The summed E-state index contributed by atoms with van der Waals surface area (Å²) in [5.74, 6) is -0.648. The van der Waals surface area contributed by atoms with Crippen molar-refractivity contribution >= 4 is 5.69 Å². The predicted octanol–water partition coefficient (Wildman–Crippen LogP) is 3.01. The Morgan fingerprint density at radius 2 is 1.79 bits per heavy atom. The fraction of sp³-hybridized carbons (Fsp3) is 0.0909. The van der Waals surface area contributed by atoms with Crippen molar-refractivity contribution < 1.29 is 22.3 Å². The van der Waals surface area contributed by atoms with Crippen LogP contribution in [0.3, 0.4) is 0 Å². The molecule has 0 aliphatic rings. The molecule has 19 heavy (non-hydrogen) atoms. The molecule has 1 heterocycles. The molecule has 0 atom stereocenters. The van der Waals surface area contributed by atoms with Gasteiger partial charge < -0.3 is 10.5 Å². The highest BCUT2D eigenvalue weighted by molar-refractivity contribution is 5.53. The number of hydrogen-bond donors (Lipinski definition) is 1. The number of hydrogen-bond acceptors (Lipinski definition) is 4. The molecule has 0 unspecified atom stereocenters. The number of nitrogens with zero attached hydrogens (tertiary/aromatic N) is 2. The fourth-order valence-corrected chi connectivity index (χ4v) is 1.25. The van der Waals surface area contributed by atoms with Crippen LogP contribution in [0.5, 0.6) is 11.6 Å². The Kier molecular flexibility index (Phi) is 3.24. The van der Waals surface area contributed by atoms with E-state index in [0.717, 1.165) is 24.3 Å². The van der Waals surface area contributed by atoms with E-state index in [1.165, 1.54) is 6.07 Å². The van der Waals surface area contributed by atoms with Crippen molar-refractivity contribution in [2.75, 3.05) is 5.73 Å². The largest absolute Gasteiger partial charge is 0.435 e. The molecule has 0 aliphatic heterocycles. The van der Waals surface area contributed by atoms with Gasteiger partial charge in [0.15, 0.2) is 11.4 Å². The van der Waals surface area contributed by atoms with Crippen LogP contribution in [-0.2, 0) is 6.18 Å². The van der Waals surface area contributed by atoms with E-state index in [1.54, 1.807) is 0 Å². The van der Waals surface area contributed by atoms with Gasteiger partial charge in [-0.25, -0.2) is 4.39 Å². The zero-order valence-corrected chi connectivity index (χ0v) is 9.28. The van der Waals surface area contributed by atoms with Crippen molar-refractivity contribution in [2.45, 2.75) is 6.18 Å². The molecule has 0 bridgehead atoms. The molecule has 2 aromatic rings. The molecule has 100 valence electrons. The van der Waals surface area contributed by atoms with Crippen molar-refractivity contribution in [2.24, 2.45) is 0 Å². The Balaban J connectivity index is 2.20. The first kappa shape index (κ1) is 13.1. The monoisotopic (exact) mass is 273 g/mol. The third-order valence-electron chi connectivity index (χ3n) is 2.12. The summed E-state index contributed by atoms with van der Waals surface area (Å²) in [7, 11) is 0. The zero-order chi connectivity index (χ0) is 14.0. The van der Waals surface area contributed by atoms with Crippen LogP contribution in [0, 0.1) is 5.82 Å². The maximum Gasteiger partial charge on any atom is 0.435 e. The SMILES string of the molecule is Nc1cc(F)ccc1Oc1ccc(C(F)(F)F)nn1. The van der Waals surface area contributed by atoms with Crippen LogP contribution in [0.25, 0.3) is 0 Å². The van der Waals surface area contributed by atoms with Gasteiger partial charge in [-0.15, -0.1) is 10.2 Å². The molecule has 2 N–H and O–H groups in total. The van der Waals surface area contributed by atoms with E-state index in [-0.39, 0.29) is 17.3 Å². The summed E-state index contributed by atoms with van der Waals surface area (Å²) in [5, 5.41) is 6.24. The summed E-state index contributed by atoms with van der Waals surface area (Å²) in [4.78, 5) is 0. The number of benzene rings is 1. The second-order valence-electron chi connectivity index (χ2n) is 3.54. The Labute approximate surface area is 104 Å². The highest BCUT2D eigenvalue weighted by Gasteiger charge is 2.33. The number of halogens is 4. The summed E-state index contributed by atoms with van der Waals surface area (Å²) >= 11 is 0. The highest BCUT2D eigenvalue weighted by atomic mass is 19.4. The maximum atomic E-state index is 12.8. The molecule has 0 amide bonds. The quantitative estimate of drug-likeness (QED) is 0.675. The van der Waals surface area contributed by atoms with E-state index in [4.69, 9.17) is 10.5 Å². The first-order chi connectivity index (χ1) is 8.86. The van der Waals surface area contributed by atoms with Gasteiger partial charge in [0.05, 0.1) is 5.69 Å². The van der Waals surface area contributed by atoms with E-state index in [1.807, 2.05) is 0 Å². The minimum Gasteiger partial charge on any atom is -0.435 e. The second-order valence-corrected chi connectivity index (χ2v) is 3.54. The molecule has 0 saturated carbocycles. The molecular weight excluding hydrogens is 266 g/mol. The number of ether oxygens (including phenoxy) is 1. The number of anilines is 1. The first-order valence-electron chi connectivity index (χ1n) is 5.00. The molecule has 1 aromatic heterocycles. The lowest BCUT2D eigenvalue weighted by Crippen LogP contribution is -2.09. The number of nitrogen functional groups attached to an aromatic ring is 1. The summed E-state index contributed by atoms with van der Waals surface area (Å²) in [6.45, 7) is 0. The molecule has 0 aliphatic carbocycles. The third kappa shape index (κ3) is 3.09. The van der Waals surface area contributed by atoms with Crippen molar-refractivity contribution in [3.63, 3.8) is 0 Å². The molecule has 0 spiro atoms. The van der Waals surface area contributed by atoms with E-state index >= 15 is 0 Å². The average molecular weight is 273 g/mol. The van der Waals surface area contributed by atoms with Gasteiger partial charge >= 0.3 is 6.18 Å². The van der Waals surface area contributed by atoms with Crippen molar-refractivity contribution in [1.82, 2.24) is 10.2 Å². The lowest BCUT2D eigenvalue weighted by Gasteiger charge is -2.08. The van der Waals surface area contributed by atoms with E-state index in [9.17, 15) is 17.6 Å². The lowest BCUT2D eigenvalue weighted by molar-refractivity contribution is -0.141. The smallest absolute Gasteiger partial charge is 0.435 e. The Hall–Kier alpha value is -2.38. The molecule has 0 radical (unpaired) electrons. The van der Waals surface area contributed by atoms with Crippen LogP contribution in [0.15, 0.2) is 30.3 Å². The number of alkyl halides is 3. The van der Waals surface area contributed by atoms with Crippen molar-refractivity contribution in [3.05, 3.63) is 41.8 Å². The third-order valence-corrected chi connectivity index (χ3v) is 2.12. The summed E-state index contributed by atoms with van der Waals surface area (Å²) in [5.41, 5.74) is 4.34. The molecular formula is C11H7F4N3O.